The fourth-order valence-corrected chi connectivity index (χ4v) is 3.81. The average molecular weight is 368 g/mol. The number of piperazine rings is 1. The summed E-state index contributed by atoms with van der Waals surface area (Å²) in [6, 6.07) is 13.6. The highest BCUT2D eigenvalue weighted by molar-refractivity contribution is 5.97. The highest BCUT2D eigenvalue weighted by Crippen LogP contribution is 2.30. The number of anilines is 1. The first-order chi connectivity index (χ1) is 13.0. The lowest BCUT2D eigenvalue weighted by Crippen LogP contribution is -2.58. The molecule has 0 aliphatic carbocycles. The summed E-state index contributed by atoms with van der Waals surface area (Å²) in [6.07, 6.45) is 0.381. The van der Waals surface area contributed by atoms with Gasteiger partial charge in [0, 0.05) is 38.3 Å². The Bertz CT molecular complexity index is 875. The molecule has 2 aromatic rings. The van der Waals surface area contributed by atoms with Crippen LogP contribution in [0.4, 0.5) is 10.1 Å². The van der Waals surface area contributed by atoms with Crippen molar-refractivity contribution in [2.75, 3.05) is 31.1 Å². The Morgan fingerprint density at radius 2 is 1.70 bits per heavy atom. The number of cyclic esters (lactones) is 1. The summed E-state index contributed by atoms with van der Waals surface area (Å²) in [5.41, 5.74) is 1.13. The smallest absolute Gasteiger partial charge is 0.339 e. The number of nitrogens with zero attached hydrogens (tertiary/aromatic N) is 2. The van der Waals surface area contributed by atoms with E-state index >= 15 is 0 Å². The molecule has 1 fully saturated rings. The molecule has 0 N–H and O–H groups in total. The normalized spacial score (nSPS) is 22.2. The van der Waals surface area contributed by atoms with Gasteiger partial charge in [0.05, 0.1) is 5.56 Å². The first-order valence-corrected chi connectivity index (χ1v) is 9.07. The lowest BCUT2D eigenvalue weighted by Gasteiger charge is -2.41. The maximum atomic E-state index is 13.1. The van der Waals surface area contributed by atoms with E-state index in [0.29, 0.717) is 38.2 Å². The molecule has 0 aromatic heterocycles. The predicted octanol–water partition coefficient (Wildman–Crippen LogP) is 2.65. The van der Waals surface area contributed by atoms with Gasteiger partial charge in [-0.15, -0.1) is 0 Å². The number of hydrogen-bond acceptors (Lipinski definition) is 4. The number of benzene rings is 2. The Morgan fingerprint density at radius 1 is 1.04 bits per heavy atom. The van der Waals surface area contributed by atoms with E-state index in [1.54, 1.807) is 36.1 Å². The summed E-state index contributed by atoms with van der Waals surface area (Å²) in [6.45, 7) is 4.06. The van der Waals surface area contributed by atoms with Crippen molar-refractivity contribution in [2.45, 2.75) is 18.9 Å². The second-order valence-corrected chi connectivity index (χ2v) is 7.21. The van der Waals surface area contributed by atoms with Gasteiger partial charge in [-0.25, -0.2) is 9.18 Å². The lowest BCUT2D eigenvalue weighted by molar-refractivity contribution is -0.151. The number of ether oxygens (including phenoxy) is 1. The van der Waals surface area contributed by atoms with Crippen LogP contribution in [0.2, 0.25) is 0 Å². The molecule has 1 atom stereocenters. The average Bonchev–Trinajstić information content (AvgIpc) is 2.68. The summed E-state index contributed by atoms with van der Waals surface area (Å²) in [5, 5.41) is 0. The fraction of sp³-hybridized carbons (Fsp3) is 0.333. The lowest BCUT2D eigenvalue weighted by atomic mass is 9.88. The second-order valence-electron chi connectivity index (χ2n) is 7.21. The second kappa shape index (κ2) is 6.68. The third kappa shape index (κ3) is 3.27. The molecule has 1 unspecified atom stereocenters. The fourth-order valence-electron chi connectivity index (χ4n) is 3.81. The van der Waals surface area contributed by atoms with Crippen molar-refractivity contribution in [2.24, 2.45) is 0 Å². The molecule has 0 spiro atoms. The molecule has 1 saturated heterocycles. The summed E-state index contributed by atoms with van der Waals surface area (Å²) < 4.78 is 18.6. The van der Waals surface area contributed by atoms with Crippen LogP contribution in [0.1, 0.15) is 22.8 Å². The SMILES string of the molecule is CC1(C(=O)N2CCN(c3ccc(F)cc3)CC2)Cc2ccccc2C(=O)O1. The van der Waals surface area contributed by atoms with Crippen molar-refractivity contribution >= 4 is 17.6 Å². The van der Waals surface area contributed by atoms with E-state index in [4.69, 9.17) is 4.74 Å². The van der Waals surface area contributed by atoms with Crippen LogP contribution in [0.25, 0.3) is 0 Å². The van der Waals surface area contributed by atoms with Gasteiger partial charge in [0.15, 0.2) is 5.60 Å². The Balaban J connectivity index is 1.45. The van der Waals surface area contributed by atoms with Gasteiger partial charge < -0.3 is 14.5 Å². The Morgan fingerprint density at radius 3 is 2.41 bits per heavy atom. The first kappa shape index (κ1) is 17.5. The van der Waals surface area contributed by atoms with Crippen molar-refractivity contribution in [3.05, 3.63) is 65.5 Å². The minimum absolute atomic E-state index is 0.163. The van der Waals surface area contributed by atoms with Crippen LogP contribution in [0.15, 0.2) is 48.5 Å². The zero-order valence-corrected chi connectivity index (χ0v) is 15.2. The third-order valence-electron chi connectivity index (χ3n) is 5.29. The molecule has 6 heteroatoms. The maximum Gasteiger partial charge on any atom is 0.339 e. The van der Waals surface area contributed by atoms with Gasteiger partial charge in [0.2, 0.25) is 0 Å². The molecule has 4 rings (SSSR count). The van der Waals surface area contributed by atoms with Crippen molar-refractivity contribution < 1.29 is 18.7 Å². The molecule has 2 aromatic carbocycles. The minimum Gasteiger partial charge on any atom is -0.445 e. The zero-order valence-electron chi connectivity index (χ0n) is 15.2. The number of hydrogen-bond donors (Lipinski definition) is 0. The molecule has 0 bridgehead atoms. The molecule has 2 heterocycles. The highest BCUT2D eigenvalue weighted by Gasteiger charge is 2.45. The van der Waals surface area contributed by atoms with Crippen LogP contribution in [-0.2, 0) is 16.0 Å². The van der Waals surface area contributed by atoms with Gasteiger partial charge in [-0.3, -0.25) is 4.79 Å². The van der Waals surface area contributed by atoms with Gasteiger partial charge in [0.25, 0.3) is 5.91 Å². The van der Waals surface area contributed by atoms with E-state index in [2.05, 4.69) is 4.90 Å². The number of rotatable bonds is 2. The topological polar surface area (TPSA) is 49.9 Å². The van der Waals surface area contributed by atoms with Crippen molar-refractivity contribution in [1.82, 2.24) is 4.90 Å². The van der Waals surface area contributed by atoms with Gasteiger partial charge in [0.1, 0.15) is 5.82 Å². The van der Waals surface area contributed by atoms with Gasteiger partial charge >= 0.3 is 5.97 Å². The predicted molar refractivity (Wildman–Crippen MR) is 99.2 cm³/mol. The molecule has 27 heavy (non-hydrogen) atoms. The van der Waals surface area contributed by atoms with Gasteiger partial charge in [-0.1, -0.05) is 18.2 Å². The van der Waals surface area contributed by atoms with Crippen LogP contribution in [0.3, 0.4) is 0 Å². The van der Waals surface area contributed by atoms with E-state index in [1.165, 1.54) is 12.1 Å². The number of esters is 1. The third-order valence-corrected chi connectivity index (χ3v) is 5.29. The van der Waals surface area contributed by atoms with Crippen LogP contribution in [0, 0.1) is 5.82 Å². The van der Waals surface area contributed by atoms with E-state index in [0.717, 1.165) is 11.3 Å². The van der Waals surface area contributed by atoms with Gasteiger partial charge in [-0.05, 0) is 42.8 Å². The molecule has 0 saturated carbocycles. The molecule has 2 aliphatic rings. The molecular weight excluding hydrogens is 347 g/mol. The summed E-state index contributed by atoms with van der Waals surface area (Å²) in [5.74, 6) is -0.873. The molecule has 2 aliphatic heterocycles. The van der Waals surface area contributed by atoms with Crippen LogP contribution in [0.5, 0.6) is 0 Å². The van der Waals surface area contributed by atoms with E-state index in [1.807, 2.05) is 12.1 Å². The van der Waals surface area contributed by atoms with E-state index in [9.17, 15) is 14.0 Å². The Kier molecular flexibility index (Phi) is 4.34. The quantitative estimate of drug-likeness (QED) is 0.765. The van der Waals surface area contributed by atoms with Gasteiger partial charge in [-0.2, -0.15) is 0 Å². The van der Waals surface area contributed by atoms with E-state index < -0.39 is 11.6 Å². The van der Waals surface area contributed by atoms with E-state index in [-0.39, 0.29) is 11.7 Å². The molecular formula is C21H21FN2O3. The first-order valence-electron chi connectivity index (χ1n) is 9.07. The maximum absolute atomic E-state index is 13.1. The number of amides is 1. The van der Waals surface area contributed by atoms with Crippen molar-refractivity contribution in [1.29, 1.82) is 0 Å². The molecule has 140 valence electrons. The number of halogens is 1. The molecule has 1 amide bonds. The summed E-state index contributed by atoms with van der Waals surface area (Å²) >= 11 is 0. The summed E-state index contributed by atoms with van der Waals surface area (Å²) in [7, 11) is 0. The minimum atomic E-state index is -1.18. The Labute approximate surface area is 157 Å². The highest BCUT2D eigenvalue weighted by atomic mass is 19.1. The van der Waals surface area contributed by atoms with Crippen LogP contribution < -0.4 is 4.90 Å². The number of carbonyl (C=O) groups is 2. The molecule has 0 radical (unpaired) electrons. The summed E-state index contributed by atoms with van der Waals surface area (Å²) in [4.78, 5) is 29.3. The standard InChI is InChI=1S/C21H21FN2O3/c1-21(14-15-4-2-3-5-18(15)19(25)27-21)20(26)24-12-10-23(11-13-24)17-8-6-16(22)7-9-17/h2-9H,10-14H2,1H3. The number of carbonyl (C=O) groups excluding carboxylic acids is 2. The molecule has 5 nitrogen and oxygen atoms in total. The monoisotopic (exact) mass is 368 g/mol. The van der Waals surface area contributed by atoms with Crippen LogP contribution >= 0.6 is 0 Å². The van der Waals surface area contributed by atoms with Crippen LogP contribution in [-0.4, -0.2) is 48.6 Å². The number of fused-ring (bicyclic) bond motifs is 1. The van der Waals surface area contributed by atoms with Crippen molar-refractivity contribution in [3.63, 3.8) is 0 Å². The largest absolute Gasteiger partial charge is 0.445 e. The Hall–Kier alpha value is -2.89. The zero-order chi connectivity index (χ0) is 19.0. The van der Waals surface area contributed by atoms with Crippen molar-refractivity contribution in [3.8, 4) is 0 Å².